The zero-order valence-electron chi connectivity index (χ0n) is 6.48. The van der Waals surface area contributed by atoms with E-state index in [1.165, 1.54) is 11.3 Å². The summed E-state index contributed by atoms with van der Waals surface area (Å²) in [6.45, 7) is -0.0428. The van der Waals surface area contributed by atoms with Crippen LogP contribution in [-0.4, -0.2) is 22.0 Å². The number of hydrogen-bond donors (Lipinski definition) is 3. The van der Waals surface area contributed by atoms with E-state index in [9.17, 15) is 4.79 Å². The summed E-state index contributed by atoms with van der Waals surface area (Å²) < 4.78 is 4.58. The van der Waals surface area contributed by atoms with Gasteiger partial charge in [0, 0.05) is 5.38 Å². The number of aliphatic carboxylic acids is 1. The van der Waals surface area contributed by atoms with Gasteiger partial charge in [-0.3, -0.25) is 5.41 Å². The van der Waals surface area contributed by atoms with E-state index in [0.29, 0.717) is 10.8 Å². The van der Waals surface area contributed by atoms with Gasteiger partial charge in [-0.25, -0.2) is 9.78 Å². The maximum absolute atomic E-state index is 10.1. The third-order valence-corrected chi connectivity index (χ3v) is 1.85. The van der Waals surface area contributed by atoms with Crippen molar-refractivity contribution in [2.24, 2.45) is 0 Å². The molecule has 1 aromatic rings. The van der Waals surface area contributed by atoms with Crippen molar-refractivity contribution in [1.82, 2.24) is 4.98 Å². The molecule has 0 saturated heterocycles. The Morgan fingerprint density at radius 3 is 3.00 bits per heavy atom. The molecule has 7 heteroatoms. The lowest BCUT2D eigenvalue weighted by molar-refractivity contribution is -0.131. The second-order valence-corrected chi connectivity index (χ2v) is 2.99. The molecule has 0 radical (unpaired) electrons. The van der Waals surface area contributed by atoms with Crippen LogP contribution in [0.25, 0.3) is 0 Å². The molecule has 13 heavy (non-hydrogen) atoms. The summed E-state index contributed by atoms with van der Waals surface area (Å²) >= 11 is 1.23. The third-order valence-electron chi connectivity index (χ3n) is 1.13. The summed E-state index contributed by atoms with van der Waals surface area (Å²) in [5.74, 6) is -2.20. The molecule has 70 valence electrons. The molecule has 6 nitrogen and oxygen atoms in total. The Morgan fingerprint density at radius 2 is 2.54 bits per heavy atom. The van der Waals surface area contributed by atoms with Gasteiger partial charge < -0.3 is 15.6 Å². The molecule has 1 heterocycles. The number of anilines is 1. The lowest BCUT2D eigenvalue weighted by Crippen LogP contribution is -2.15. The molecule has 0 aromatic carbocycles. The zero-order valence-corrected chi connectivity index (χ0v) is 7.30. The maximum atomic E-state index is 10.1. The van der Waals surface area contributed by atoms with Crippen molar-refractivity contribution in [2.45, 2.75) is 6.61 Å². The number of carboxylic acids is 1. The number of thiazole rings is 1. The smallest absolute Gasteiger partial charge is 0.391 e. The molecular weight excluding hydrogens is 194 g/mol. The molecule has 0 saturated carbocycles. The molecule has 0 spiro atoms. The van der Waals surface area contributed by atoms with Gasteiger partial charge in [-0.15, -0.1) is 11.3 Å². The quantitative estimate of drug-likeness (QED) is 0.471. The van der Waals surface area contributed by atoms with E-state index in [1.807, 2.05) is 0 Å². The number of nitrogen functional groups attached to an aromatic ring is 1. The Bertz CT molecular complexity index is 336. The van der Waals surface area contributed by atoms with Crippen LogP contribution in [0.2, 0.25) is 0 Å². The van der Waals surface area contributed by atoms with Crippen molar-refractivity contribution in [3.8, 4) is 0 Å². The fourth-order valence-electron chi connectivity index (χ4n) is 0.597. The summed E-state index contributed by atoms with van der Waals surface area (Å²) in [5, 5.41) is 17.1. The fourth-order valence-corrected chi connectivity index (χ4v) is 1.14. The molecule has 0 aliphatic rings. The Labute approximate surface area is 77.5 Å². The highest BCUT2D eigenvalue weighted by Crippen LogP contribution is 2.11. The largest absolute Gasteiger partial charge is 0.474 e. The average Bonchev–Trinajstić information content (AvgIpc) is 2.47. The highest BCUT2D eigenvalue weighted by Gasteiger charge is 2.08. The molecule has 0 atom stereocenters. The second kappa shape index (κ2) is 3.85. The number of rotatable bonds is 2. The Hall–Kier alpha value is -1.63. The first kappa shape index (κ1) is 9.46. The molecule has 0 aliphatic carbocycles. The topological polar surface area (TPSA) is 109 Å². The third kappa shape index (κ3) is 2.71. The molecule has 1 aromatic heterocycles. The molecule has 0 unspecified atom stereocenters. The first-order valence-electron chi connectivity index (χ1n) is 3.24. The Balaban J connectivity index is 2.44. The van der Waals surface area contributed by atoms with Gasteiger partial charge in [0.15, 0.2) is 5.13 Å². The summed E-state index contributed by atoms with van der Waals surface area (Å²) in [5.41, 5.74) is 5.85. The molecule has 4 N–H and O–H groups in total. The van der Waals surface area contributed by atoms with Gasteiger partial charge in [-0.2, -0.15) is 0 Å². The van der Waals surface area contributed by atoms with Crippen molar-refractivity contribution >= 4 is 28.3 Å². The number of nitrogens with one attached hydrogen (secondary N) is 1. The number of carbonyl (C=O) groups is 1. The first-order valence-corrected chi connectivity index (χ1v) is 4.12. The number of nitrogens with zero attached hydrogens (tertiary/aromatic N) is 1. The predicted molar refractivity (Wildman–Crippen MR) is 46.7 cm³/mol. The van der Waals surface area contributed by atoms with Gasteiger partial charge >= 0.3 is 5.97 Å². The second-order valence-electron chi connectivity index (χ2n) is 2.10. The summed E-state index contributed by atoms with van der Waals surface area (Å²) in [6, 6.07) is 0. The maximum Gasteiger partial charge on any atom is 0.391 e. The van der Waals surface area contributed by atoms with E-state index < -0.39 is 11.9 Å². The van der Waals surface area contributed by atoms with Crippen molar-refractivity contribution in [3.63, 3.8) is 0 Å². The average molecular weight is 201 g/mol. The minimum absolute atomic E-state index is 0.0428. The molecule has 1 rings (SSSR count). The molecule has 0 aliphatic heterocycles. The van der Waals surface area contributed by atoms with Crippen molar-refractivity contribution in [3.05, 3.63) is 11.1 Å². The van der Waals surface area contributed by atoms with Crippen LogP contribution < -0.4 is 5.73 Å². The van der Waals surface area contributed by atoms with Crippen molar-refractivity contribution in [2.75, 3.05) is 5.73 Å². The summed E-state index contributed by atoms with van der Waals surface area (Å²) in [6.07, 6.45) is 0. The van der Waals surface area contributed by atoms with Crippen LogP contribution in [0.4, 0.5) is 5.13 Å². The van der Waals surface area contributed by atoms with Crippen LogP contribution in [0.1, 0.15) is 5.69 Å². The van der Waals surface area contributed by atoms with E-state index in [-0.39, 0.29) is 6.61 Å². The van der Waals surface area contributed by atoms with Crippen LogP contribution >= 0.6 is 11.3 Å². The van der Waals surface area contributed by atoms with E-state index in [4.69, 9.17) is 16.2 Å². The molecule has 0 fully saturated rings. The molecule has 0 amide bonds. The summed E-state index contributed by atoms with van der Waals surface area (Å²) in [4.78, 5) is 14.0. The van der Waals surface area contributed by atoms with Crippen LogP contribution in [0, 0.1) is 5.41 Å². The minimum atomic E-state index is -1.40. The standard InChI is InChI=1S/C6H7N3O3S/c7-4(5(10)11)12-1-3-2-13-6(8)9-3/h2,7H,1H2,(H2,8,9)(H,10,11). The Morgan fingerprint density at radius 1 is 1.85 bits per heavy atom. The van der Waals surface area contributed by atoms with Gasteiger partial charge in [0.1, 0.15) is 6.61 Å². The lowest BCUT2D eigenvalue weighted by atomic mass is 10.5. The molecular formula is C6H7N3O3S. The van der Waals surface area contributed by atoms with E-state index in [1.54, 1.807) is 5.38 Å². The normalized spacial score (nSPS) is 9.54. The number of aromatic nitrogens is 1. The fraction of sp³-hybridized carbons (Fsp3) is 0.167. The predicted octanol–water partition coefficient (Wildman–Crippen LogP) is 0.304. The number of hydrogen-bond acceptors (Lipinski definition) is 6. The van der Waals surface area contributed by atoms with Crippen molar-refractivity contribution < 1.29 is 14.6 Å². The number of nitrogens with two attached hydrogens (primary N) is 1. The van der Waals surface area contributed by atoms with Gasteiger partial charge in [0.25, 0.3) is 5.90 Å². The van der Waals surface area contributed by atoms with Crippen LogP contribution in [0.15, 0.2) is 5.38 Å². The van der Waals surface area contributed by atoms with E-state index >= 15 is 0 Å². The lowest BCUT2D eigenvalue weighted by Gasteiger charge is -1.99. The monoisotopic (exact) mass is 201 g/mol. The van der Waals surface area contributed by atoms with Gasteiger partial charge in [0.05, 0.1) is 5.69 Å². The molecule has 0 bridgehead atoms. The zero-order chi connectivity index (χ0) is 9.84. The van der Waals surface area contributed by atoms with E-state index in [0.717, 1.165) is 0 Å². The van der Waals surface area contributed by atoms with Crippen molar-refractivity contribution in [1.29, 1.82) is 5.41 Å². The van der Waals surface area contributed by atoms with E-state index in [2.05, 4.69) is 9.72 Å². The van der Waals surface area contributed by atoms with Crippen LogP contribution in [0.3, 0.4) is 0 Å². The van der Waals surface area contributed by atoms with Crippen LogP contribution in [0.5, 0.6) is 0 Å². The van der Waals surface area contributed by atoms with Gasteiger partial charge in [-0.05, 0) is 0 Å². The number of ether oxygens (including phenoxy) is 1. The minimum Gasteiger partial charge on any atom is -0.474 e. The Kier molecular flexibility index (Phi) is 2.80. The van der Waals surface area contributed by atoms with Gasteiger partial charge in [0.2, 0.25) is 0 Å². The number of carboxylic acid groups (broad SMARTS) is 1. The highest BCUT2D eigenvalue weighted by molar-refractivity contribution is 7.13. The summed E-state index contributed by atoms with van der Waals surface area (Å²) in [7, 11) is 0. The highest BCUT2D eigenvalue weighted by atomic mass is 32.1. The first-order chi connectivity index (χ1) is 6.09. The van der Waals surface area contributed by atoms with Crippen LogP contribution in [-0.2, 0) is 16.1 Å². The van der Waals surface area contributed by atoms with Gasteiger partial charge in [-0.1, -0.05) is 0 Å². The SMILES string of the molecule is N=C(OCc1csc(N)n1)C(=O)O.